The highest BCUT2D eigenvalue weighted by atomic mass is 35.5. The second-order valence-electron chi connectivity index (χ2n) is 9.23. The fourth-order valence-electron chi connectivity index (χ4n) is 4.85. The number of halogens is 3. The molecule has 0 aromatic heterocycles. The van der Waals surface area contributed by atoms with E-state index in [4.69, 9.17) is 40.5 Å². The van der Waals surface area contributed by atoms with Crippen LogP contribution in [0, 0.1) is 5.82 Å². The Balaban J connectivity index is 1.57. The fourth-order valence-corrected chi connectivity index (χ4v) is 5.42. The number of carbonyl (C=O) groups excluding carboxylic acids is 1. The van der Waals surface area contributed by atoms with Crippen molar-refractivity contribution in [1.29, 1.82) is 0 Å². The van der Waals surface area contributed by atoms with E-state index in [0.717, 1.165) is 36.8 Å². The third-order valence-electron chi connectivity index (χ3n) is 7.00. The molecule has 1 saturated carbocycles. The molecular formula is C25H30Cl2FN5O. The molecule has 2 aliphatic rings. The lowest BCUT2D eigenvalue weighted by atomic mass is 9.94. The third kappa shape index (κ3) is 4.75. The van der Waals surface area contributed by atoms with E-state index in [1.54, 1.807) is 29.2 Å². The van der Waals surface area contributed by atoms with Crippen molar-refractivity contribution in [2.24, 2.45) is 11.6 Å². The molecule has 0 bridgehead atoms. The fraction of sp³-hybridized carbons (Fsp3) is 0.400. The van der Waals surface area contributed by atoms with Crippen LogP contribution in [0.15, 0.2) is 36.4 Å². The van der Waals surface area contributed by atoms with Gasteiger partial charge in [-0.25, -0.2) is 10.2 Å². The maximum atomic E-state index is 14.9. The number of anilines is 2. The molecule has 1 atom stereocenters. The summed E-state index contributed by atoms with van der Waals surface area (Å²) in [7, 11) is 0. The molecule has 1 amide bonds. The van der Waals surface area contributed by atoms with Crippen LogP contribution in [0.5, 0.6) is 0 Å². The summed E-state index contributed by atoms with van der Waals surface area (Å²) in [6.45, 7) is 2.83. The Labute approximate surface area is 209 Å². The molecule has 6 nitrogen and oxygen atoms in total. The maximum absolute atomic E-state index is 14.9. The first kappa shape index (κ1) is 24.8. The summed E-state index contributed by atoms with van der Waals surface area (Å²) < 4.78 is 14.9. The van der Waals surface area contributed by atoms with Crippen LogP contribution in [0.3, 0.4) is 0 Å². The lowest BCUT2D eigenvalue weighted by Crippen LogP contribution is -2.54. The highest BCUT2D eigenvalue weighted by Gasteiger charge is 2.40. The van der Waals surface area contributed by atoms with Crippen molar-refractivity contribution >= 4 is 46.1 Å². The summed E-state index contributed by atoms with van der Waals surface area (Å²) in [5.74, 6) is 5.85. The highest BCUT2D eigenvalue weighted by molar-refractivity contribution is 6.35. The average molecular weight is 506 g/mol. The number of nitrogens with zero attached hydrogens (tertiary/aromatic N) is 2. The normalized spacial score (nSPS) is 18.5. The van der Waals surface area contributed by atoms with Gasteiger partial charge in [-0.2, -0.15) is 0 Å². The predicted molar refractivity (Wildman–Crippen MR) is 137 cm³/mol. The van der Waals surface area contributed by atoms with Crippen molar-refractivity contribution in [3.05, 3.63) is 63.4 Å². The summed E-state index contributed by atoms with van der Waals surface area (Å²) in [6, 6.07) is 7.96. The zero-order chi connectivity index (χ0) is 24.6. The van der Waals surface area contributed by atoms with Crippen LogP contribution in [0.1, 0.15) is 56.2 Å². The van der Waals surface area contributed by atoms with Gasteiger partial charge in [0.15, 0.2) is 0 Å². The molecule has 1 heterocycles. The Kier molecular flexibility index (Phi) is 7.10. The zero-order valence-corrected chi connectivity index (χ0v) is 20.7. The van der Waals surface area contributed by atoms with Gasteiger partial charge in [0.05, 0.1) is 23.0 Å². The minimum absolute atomic E-state index is 0.00581. The van der Waals surface area contributed by atoms with Crippen LogP contribution in [0.25, 0.3) is 5.57 Å². The van der Waals surface area contributed by atoms with Gasteiger partial charge in [-0.15, -0.1) is 0 Å². The summed E-state index contributed by atoms with van der Waals surface area (Å²) in [5, 5.41) is 2.39. The number of rotatable bonds is 5. The quantitative estimate of drug-likeness (QED) is 0.300. The third-order valence-corrected chi connectivity index (χ3v) is 7.57. The van der Waals surface area contributed by atoms with Crippen LogP contribution >= 0.6 is 23.2 Å². The van der Waals surface area contributed by atoms with Crippen LogP contribution in [-0.4, -0.2) is 29.4 Å². The van der Waals surface area contributed by atoms with Crippen molar-refractivity contribution in [1.82, 2.24) is 4.90 Å². The molecule has 1 fully saturated rings. The molecule has 182 valence electrons. The van der Waals surface area contributed by atoms with Crippen LogP contribution in [-0.2, 0) is 4.79 Å². The maximum Gasteiger partial charge on any atom is 0.242 e. The molecule has 2 aromatic carbocycles. The Morgan fingerprint density at radius 3 is 2.53 bits per heavy atom. The van der Waals surface area contributed by atoms with Gasteiger partial charge in [0.2, 0.25) is 5.91 Å². The van der Waals surface area contributed by atoms with Crippen molar-refractivity contribution < 1.29 is 9.18 Å². The molecule has 0 radical (unpaired) electrons. The lowest BCUT2D eigenvalue weighted by molar-refractivity contribution is -0.136. The molecule has 0 unspecified atom stereocenters. The van der Waals surface area contributed by atoms with E-state index in [9.17, 15) is 9.18 Å². The number of hydrogen-bond donors (Lipinski definition) is 3. The Hall–Kier alpha value is -2.32. The second kappa shape index (κ2) is 9.74. The summed E-state index contributed by atoms with van der Waals surface area (Å²) >= 11 is 12.4. The number of benzene rings is 2. The Morgan fingerprint density at radius 1 is 1.21 bits per heavy atom. The van der Waals surface area contributed by atoms with E-state index >= 15 is 0 Å². The Morgan fingerprint density at radius 2 is 1.91 bits per heavy atom. The number of hydrogen-bond acceptors (Lipinski definition) is 5. The van der Waals surface area contributed by atoms with E-state index in [-0.39, 0.29) is 17.6 Å². The van der Waals surface area contributed by atoms with Crippen molar-refractivity contribution in [3.63, 3.8) is 0 Å². The number of amides is 1. The smallest absolute Gasteiger partial charge is 0.242 e. The monoisotopic (exact) mass is 505 g/mol. The average Bonchev–Trinajstić information content (AvgIpc) is 3.27. The molecule has 0 spiro atoms. The number of carbonyl (C=O) groups is 1. The van der Waals surface area contributed by atoms with Crippen LogP contribution in [0.4, 0.5) is 15.8 Å². The van der Waals surface area contributed by atoms with Crippen molar-refractivity contribution in [2.75, 3.05) is 23.8 Å². The zero-order valence-electron chi connectivity index (χ0n) is 19.2. The summed E-state index contributed by atoms with van der Waals surface area (Å²) in [4.78, 5) is 14.7. The standard InChI is InChI=1S/C25H30Cl2FN5O/c1-15(19-5-4-18(26)14-20(19)27)33(31)22-13-17(12-21(28)23(22)29)16-6-10-32(11-7-16)24(34)25(30)8-2-3-9-25/h4-6,12-15H,2-3,7-11,29-31H2,1H3/t15-/m1/s1. The largest absolute Gasteiger partial charge is 0.395 e. The van der Waals surface area contributed by atoms with Crippen molar-refractivity contribution in [2.45, 2.75) is 50.6 Å². The molecule has 2 aromatic rings. The van der Waals surface area contributed by atoms with E-state index in [1.165, 1.54) is 11.1 Å². The van der Waals surface area contributed by atoms with Gasteiger partial charge in [-0.05, 0) is 67.2 Å². The molecule has 34 heavy (non-hydrogen) atoms. The first-order chi connectivity index (χ1) is 16.1. The first-order valence-corrected chi connectivity index (χ1v) is 12.2. The molecule has 1 aliphatic carbocycles. The van der Waals surface area contributed by atoms with Gasteiger partial charge < -0.3 is 21.4 Å². The molecular weight excluding hydrogens is 476 g/mol. The van der Waals surface area contributed by atoms with Crippen molar-refractivity contribution in [3.8, 4) is 0 Å². The highest BCUT2D eigenvalue weighted by Crippen LogP contribution is 2.37. The van der Waals surface area contributed by atoms with Crippen LogP contribution < -0.4 is 22.3 Å². The summed E-state index contributed by atoms with van der Waals surface area (Å²) in [6.07, 6.45) is 5.98. The predicted octanol–water partition coefficient (Wildman–Crippen LogP) is 5.04. The van der Waals surface area contributed by atoms with Gasteiger partial charge in [-0.1, -0.05) is 48.2 Å². The lowest BCUT2D eigenvalue weighted by Gasteiger charge is -2.34. The Bertz CT molecular complexity index is 1130. The van der Waals surface area contributed by atoms with E-state index in [0.29, 0.717) is 40.8 Å². The minimum Gasteiger partial charge on any atom is -0.395 e. The van der Waals surface area contributed by atoms with E-state index in [2.05, 4.69) is 0 Å². The first-order valence-electron chi connectivity index (χ1n) is 11.5. The molecule has 1 aliphatic heterocycles. The van der Waals surface area contributed by atoms with Gasteiger partial charge in [-0.3, -0.25) is 4.79 Å². The molecule has 6 N–H and O–H groups in total. The number of nitrogens with two attached hydrogens (primary N) is 3. The number of nitrogen functional groups attached to an aromatic ring is 1. The topological polar surface area (TPSA) is 102 Å². The van der Waals surface area contributed by atoms with Gasteiger partial charge in [0.1, 0.15) is 5.82 Å². The molecule has 0 saturated heterocycles. The van der Waals surface area contributed by atoms with E-state index in [1.807, 2.05) is 13.0 Å². The van der Waals surface area contributed by atoms with Gasteiger partial charge in [0, 0.05) is 23.1 Å². The van der Waals surface area contributed by atoms with Gasteiger partial charge >= 0.3 is 0 Å². The molecule has 4 rings (SSSR count). The van der Waals surface area contributed by atoms with Gasteiger partial charge in [0.25, 0.3) is 0 Å². The second-order valence-corrected chi connectivity index (χ2v) is 10.1. The number of hydrazine groups is 1. The van der Waals surface area contributed by atoms with E-state index < -0.39 is 11.4 Å². The molecule has 9 heteroatoms. The SMILES string of the molecule is C[C@H](c1ccc(Cl)cc1Cl)N(N)c1cc(C2=CCN(C(=O)C3(N)CCCC3)CC2)cc(F)c1N. The minimum atomic E-state index is -0.745. The van der Waals surface area contributed by atoms with Crippen LogP contribution in [0.2, 0.25) is 10.0 Å². The summed E-state index contributed by atoms with van der Waals surface area (Å²) in [5.41, 5.74) is 14.4.